The van der Waals surface area contributed by atoms with Crippen LogP contribution in [-0.2, 0) is 27.4 Å². The Bertz CT molecular complexity index is 1070. The fourth-order valence-corrected chi connectivity index (χ4v) is 6.00. The van der Waals surface area contributed by atoms with E-state index in [4.69, 9.17) is 14.2 Å². The zero-order chi connectivity index (χ0) is 32.8. The molecule has 0 aromatic heterocycles. The van der Waals surface area contributed by atoms with Crippen molar-refractivity contribution in [1.29, 1.82) is 0 Å². The van der Waals surface area contributed by atoms with Gasteiger partial charge in [0.05, 0.1) is 18.8 Å². The number of nitrogens with zero attached hydrogens (tertiary/aromatic N) is 1. The molecule has 1 aliphatic rings. The van der Waals surface area contributed by atoms with Crippen LogP contribution in [0.4, 0.5) is 4.79 Å². The molecule has 46 heavy (non-hydrogen) atoms. The third kappa shape index (κ3) is 14.4. The van der Waals surface area contributed by atoms with Crippen LogP contribution in [-0.4, -0.2) is 48.4 Å². The number of aliphatic hydroxyl groups excluding tert-OH is 1. The molecule has 2 N–H and O–H groups in total. The van der Waals surface area contributed by atoms with Crippen molar-refractivity contribution >= 4 is 6.09 Å². The number of benzene rings is 2. The molecule has 1 heterocycles. The van der Waals surface area contributed by atoms with E-state index in [0.29, 0.717) is 6.54 Å². The monoisotopic (exact) mass is 636 g/mol. The number of unbranched alkanes of at least 4 members (excludes halogenated alkanes) is 10. The zero-order valence-corrected chi connectivity index (χ0v) is 28.6. The lowest BCUT2D eigenvalue weighted by atomic mass is 9.99. The van der Waals surface area contributed by atoms with Crippen molar-refractivity contribution in [2.75, 3.05) is 26.2 Å². The fourth-order valence-electron chi connectivity index (χ4n) is 6.00. The van der Waals surface area contributed by atoms with Crippen LogP contribution in [0.1, 0.15) is 132 Å². The lowest BCUT2D eigenvalue weighted by Crippen LogP contribution is -2.40. The number of carbonyl (C=O) groups excluding carboxylic acids is 1. The largest absolute Gasteiger partial charge is 0.445 e. The second-order valence-corrected chi connectivity index (χ2v) is 12.7. The smallest absolute Gasteiger partial charge is 0.407 e. The molecular weight excluding hydrogens is 576 g/mol. The SMILES string of the molecule is C=CCOC(=O)NCc1ccc(C2OC(CN(CCCCCCCC)CCCCCCCC)CC(c3ccc(CO)cc3)O2)cc1. The number of rotatable bonds is 23. The van der Waals surface area contributed by atoms with Crippen LogP contribution in [0, 0.1) is 0 Å². The highest BCUT2D eigenvalue weighted by Crippen LogP contribution is 2.38. The first kappa shape index (κ1) is 37.7. The Labute approximate surface area is 278 Å². The number of aliphatic hydroxyl groups is 1. The fraction of sp³-hybridized carbons (Fsp3) is 0.615. The van der Waals surface area contributed by atoms with Gasteiger partial charge in [0.2, 0.25) is 0 Å². The average Bonchev–Trinajstić information content (AvgIpc) is 3.09. The maximum absolute atomic E-state index is 11.8. The molecule has 0 saturated carbocycles. The summed E-state index contributed by atoms with van der Waals surface area (Å²) in [6, 6.07) is 16.1. The van der Waals surface area contributed by atoms with E-state index in [9.17, 15) is 9.90 Å². The van der Waals surface area contributed by atoms with Crippen molar-refractivity contribution in [2.45, 2.75) is 129 Å². The van der Waals surface area contributed by atoms with E-state index in [1.54, 1.807) is 6.08 Å². The minimum atomic E-state index is -0.495. The van der Waals surface area contributed by atoms with Gasteiger partial charge in [-0.05, 0) is 42.6 Å². The van der Waals surface area contributed by atoms with Crippen molar-refractivity contribution in [2.24, 2.45) is 0 Å². The van der Waals surface area contributed by atoms with Crippen LogP contribution in [0.15, 0.2) is 61.2 Å². The van der Waals surface area contributed by atoms with E-state index < -0.39 is 12.4 Å². The van der Waals surface area contributed by atoms with Crippen LogP contribution in [0.5, 0.6) is 0 Å². The van der Waals surface area contributed by atoms with Crippen LogP contribution in [0.3, 0.4) is 0 Å². The van der Waals surface area contributed by atoms with Gasteiger partial charge in [0.1, 0.15) is 6.61 Å². The van der Waals surface area contributed by atoms with E-state index in [1.165, 1.54) is 77.0 Å². The molecule has 1 amide bonds. The second-order valence-electron chi connectivity index (χ2n) is 12.7. The lowest BCUT2D eigenvalue weighted by Gasteiger charge is -2.38. The van der Waals surface area contributed by atoms with E-state index in [-0.39, 0.29) is 25.4 Å². The molecule has 0 radical (unpaired) electrons. The van der Waals surface area contributed by atoms with Crippen molar-refractivity contribution in [3.8, 4) is 0 Å². The number of alkyl carbamates (subject to hydrolysis) is 1. The summed E-state index contributed by atoms with van der Waals surface area (Å²) in [5.41, 5.74) is 3.92. The second kappa shape index (κ2) is 22.8. The van der Waals surface area contributed by atoms with Crippen LogP contribution >= 0.6 is 0 Å². The quantitative estimate of drug-likeness (QED) is 0.0935. The van der Waals surface area contributed by atoms with E-state index >= 15 is 0 Å². The number of hydrogen-bond donors (Lipinski definition) is 2. The Morgan fingerprint density at radius 2 is 1.41 bits per heavy atom. The van der Waals surface area contributed by atoms with Crippen LogP contribution < -0.4 is 5.32 Å². The summed E-state index contributed by atoms with van der Waals surface area (Å²) in [4.78, 5) is 14.5. The molecule has 256 valence electrons. The first-order valence-electron chi connectivity index (χ1n) is 17.9. The number of hydrogen-bond acceptors (Lipinski definition) is 6. The van der Waals surface area contributed by atoms with Crippen molar-refractivity contribution < 1.29 is 24.1 Å². The molecule has 3 atom stereocenters. The zero-order valence-electron chi connectivity index (χ0n) is 28.6. The van der Waals surface area contributed by atoms with Gasteiger partial charge in [0.25, 0.3) is 0 Å². The van der Waals surface area contributed by atoms with Gasteiger partial charge in [0.15, 0.2) is 6.29 Å². The topological polar surface area (TPSA) is 80.3 Å². The summed E-state index contributed by atoms with van der Waals surface area (Å²) < 4.78 is 18.3. The van der Waals surface area contributed by atoms with Gasteiger partial charge < -0.3 is 29.5 Å². The molecule has 3 rings (SSSR count). The lowest BCUT2D eigenvalue weighted by molar-refractivity contribution is -0.253. The summed E-state index contributed by atoms with van der Waals surface area (Å²) in [5, 5.41) is 12.3. The number of amides is 1. The Kier molecular flexibility index (Phi) is 18.7. The summed E-state index contributed by atoms with van der Waals surface area (Å²) >= 11 is 0. The van der Waals surface area contributed by atoms with Gasteiger partial charge in [-0.3, -0.25) is 0 Å². The molecule has 2 aromatic carbocycles. The first-order chi connectivity index (χ1) is 22.6. The highest BCUT2D eigenvalue weighted by Gasteiger charge is 2.33. The summed E-state index contributed by atoms with van der Waals surface area (Å²) in [7, 11) is 0. The maximum atomic E-state index is 11.8. The van der Waals surface area contributed by atoms with Crippen molar-refractivity contribution in [1.82, 2.24) is 10.2 Å². The predicted octanol–water partition coefficient (Wildman–Crippen LogP) is 9.16. The molecule has 7 heteroatoms. The standard InChI is InChI=1S/C39H60N2O5/c1-4-7-9-11-13-15-25-41(26-16-14-12-10-8-5-2)30-36-28-37(34-21-19-33(31-42)20-22-34)46-38(45-36)35-23-17-32(18-24-35)29-40-39(43)44-27-6-3/h6,17-24,36-38,42H,3-5,7-16,25-31H2,1-2H3,(H,40,43). The Balaban J connectivity index is 1.69. The van der Waals surface area contributed by atoms with Crippen LogP contribution in [0.25, 0.3) is 0 Å². The molecule has 3 unspecified atom stereocenters. The van der Waals surface area contributed by atoms with E-state index in [2.05, 4.69) is 42.8 Å². The third-order valence-corrected chi connectivity index (χ3v) is 8.75. The van der Waals surface area contributed by atoms with Crippen LogP contribution in [0.2, 0.25) is 0 Å². The molecule has 1 saturated heterocycles. The Morgan fingerprint density at radius 3 is 2.00 bits per heavy atom. The molecule has 0 spiro atoms. The first-order valence-corrected chi connectivity index (χ1v) is 17.9. The summed E-state index contributed by atoms with van der Waals surface area (Å²) in [6.45, 7) is 11.8. The number of ether oxygens (including phenoxy) is 3. The minimum Gasteiger partial charge on any atom is -0.445 e. The van der Waals surface area contributed by atoms with Gasteiger partial charge in [-0.15, -0.1) is 0 Å². The predicted molar refractivity (Wildman–Crippen MR) is 186 cm³/mol. The maximum Gasteiger partial charge on any atom is 0.407 e. The average molecular weight is 637 g/mol. The van der Waals surface area contributed by atoms with Gasteiger partial charge in [0, 0.05) is 25.1 Å². The molecule has 2 aromatic rings. The normalized spacial score (nSPS) is 18.0. The highest BCUT2D eigenvalue weighted by molar-refractivity contribution is 5.67. The van der Waals surface area contributed by atoms with E-state index in [0.717, 1.165) is 48.3 Å². The molecular formula is C39H60N2O5. The van der Waals surface area contributed by atoms with Gasteiger partial charge >= 0.3 is 6.09 Å². The van der Waals surface area contributed by atoms with Crippen molar-refractivity contribution in [3.63, 3.8) is 0 Å². The van der Waals surface area contributed by atoms with Gasteiger partial charge in [-0.1, -0.05) is 139 Å². The highest BCUT2D eigenvalue weighted by atomic mass is 16.7. The number of nitrogens with one attached hydrogen (secondary N) is 1. The minimum absolute atomic E-state index is 0.0270. The van der Waals surface area contributed by atoms with Gasteiger partial charge in [-0.2, -0.15) is 0 Å². The van der Waals surface area contributed by atoms with E-state index in [1.807, 2.05) is 36.4 Å². The Morgan fingerprint density at radius 1 is 0.848 bits per heavy atom. The molecule has 0 bridgehead atoms. The Hall–Kier alpha value is -2.71. The summed E-state index contributed by atoms with van der Waals surface area (Å²) in [5.74, 6) is 0. The molecule has 0 aliphatic carbocycles. The molecule has 7 nitrogen and oxygen atoms in total. The van der Waals surface area contributed by atoms with Gasteiger partial charge in [-0.25, -0.2) is 4.79 Å². The molecule has 1 aliphatic heterocycles. The third-order valence-electron chi connectivity index (χ3n) is 8.75. The molecule has 1 fully saturated rings. The summed E-state index contributed by atoms with van der Waals surface area (Å²) in [6.07, 6.45) is 16.9. The number of carbonyl (C=O) groups is 1. The van der Waals surface area contributed by atoms with Crippen molar-refractivity contribution in [3.05, 3.63) is 83.4 Å².